The number of nitrogens with zero attached hydrogens (tertiary/aromatic N) is 1. The minimum absolute atomic E-state index is 0.0915. The highest BCUT2D eigenvalue weighted by Gasteiger charge is 2.38. The molecule has 0 amide bonds. The predicted octanol–water partition coefficient (Wildman–Crippen LogP) is 2.67. The smallest absolute Gasteiger partial charge is 0.0723 e. The third-order valence-corrected chi connectivity index (χ3v) is 4.57. The van der Waals surface area contributed by atoms with Gasteiger partial charge in [0.25, 0.3) is 0 Å². The van der Waals surface area contributed by atoms with Crippen molar-refractivity contribution in [1.29, 1.82) is 0 Å². The Kier molecular flexibility index (Phi) is 6.61. The van der Waals surface area contributed by atoms with E-state index in [1.807, 2.05) is 0 Å². The van der Waals surface area contributed by atoms with Crippen molar-refractivity contribution in [3.05, 3.63) is 0 Å². The van der Waals surface area contributed by atoms with E-state index in [-0.39, 0.29) is 11.6 Å². The van der Waals surface area contributed by atoms with E-state index < -0.39 is 0 Å². The van der Waals surface area contributed by atoms with Crippen LogP contribution in [0.3, 0.4) is 0 Å². The van der Waals surface area contributed by atoms with Crippen LogP contribution < -0.4 is 0 Å². The monoisotopic (exact) mass is 257 g/mol. The summed E-state index contributed by atoms with van der Waals surface area (Å²) in [5.41, 5.74) is -0.0915. The Hall–Kier alpha value is -0.120. The second kappa shape index (κ2) is 7.46. The van der Waals surface area contributed by atoms with Gasteiger partial charge in [-0.3, -0.25) is 4.90 Å². The second-order valence-corrected chi connectivity index (χ2v) is 5.96. The number of hydrogen-bond acceptors (Lipinski definition) is 3. The molecule has 1 aliphatic heterocycles. The number of hydrogen-bond donors (Lipinski definition) is 1. The average Bonchev–Trinajstić information content (AvgIpc) is 2.39. The molecule has 0 saturated carbocycles. The maximum absolute atomic E-state index is 10.6. The Labute approximate surface area is 113 Å². The molecule has 1 fully saturated rings. The number of morpholine rings is 1. The molecule has 1 heterocycles. The molecule has 18 heavy (non-hydrogen) atoms. The van der Waals surface area contributed by atoms with Gasteiger partial charge in [-0.15, -0.1) is 0 Å². The summed E-state index contributed by atoms with van der Waals surface area (Å²) in [6.45, 7) is 12.4. The number of rotatable bonds is 7. The summed E-state index contributed by atoms with van der Waals surface area (Å²) in [7, 11) is 0. The lowest BCUT2D eigenvalue weighted by Gasteiger charge is -2.46. The zero-order valence-electron chi connectivity index (χ0n) is 12.6. The van der Waals surface area contributed by atoms with Gasteiger partial charge in [-0.05, 0) is 25.7 Å². The van der Waals surface area contributed by atoms with Gasteiger partial charge >= 0.3 is 0 Å². The van der Waals surface area contributed by atoms with E-state index >= 15 is 0 Å². The first-order chi connectivity index (χ1) is 8.54. The SMILES string of the molecule is CCCC(C)CC(O)C(C)(CC)N1CCOCC1. The molecule has 3 nitrogen and oxygen atoms in total. The molecule has 0 aromatic carbocycles. The molecule has 1 saturated heterocycles. The molecule has 0 aliphatic carbocycles. The Morgan fingerprint density at radius 2 is 1.89 bits per heavy atom. The summed E-state index contributed by atoms with van der Waals surface area (Å²) in [5, 5.41) is 10.6. The van der Waals surface area contributed by atoms with Gasteiger partial charge in [0.05, 0.1) is 19.3 Å². The van der Waals surface area contributed by atoms with E-state index in [4.69, 9.17) is 4.74 Å². The predicted molar refractivity (Wildman–Crippen MR) is 75.8 cm³/mol. The first-order valence-electron chi connectivity index (χ1n) is 7.55. The van der Waals surface area contributed by atoms with Gasteiger partial charge in [0.1, 0.15) is 0 Å². The van der Waals surface area contributed by atoms with Crippen LogP contribution in [0.4, 0.5) is 0 Å². The summed E-state index contributed by atoms with van der Waals surface area (Å²) in [6.07, 6.45) is 4.08. The van der Waals surface area contributed by atoms with Gasteiger partial charge < -0.3 is 9.84 Å². The zero-order valence-corrected chi connectivity index (χ0v) is 12.6. The average molecular weight is 257 g/mol. The van der Waals surface area contributed by atoms with Gasteiger partial charge in [-0.1, -0.05) is 33.6 Å². The molecule has 0 aromatic rings. The lowest BCUT2D eigenvalue weighted by atomic mass is 9.83. The summed E-state index contributed by atoms with van der Waals surface area (Å²) < 4.78 is 5.42. The zero-order chi connectivity index (χ0) is 13.6. The van der Waals surface area contributed by atoms with Crippen molar-refractivity contribution in [2.45, 2.75) is 65.0 Å². The molecule has 1 N–H and O–H groups in total. The Morgan fingerprint density at radius 3 is 2.39 bits per heavy atom. The number of aliphatic hydroxyl groups is 1. The van der Waals surface area contributed by atoms with Gasteiger partial charge in [-0.2, -0.15) is 0 Å². The van der Waals surface area contributed by atoms with Crippen molar-refractivity contribution in [3.8, 4) is 0 Å². The van der Waals surface area contributed by atoms with Crippen LogP contribution in [0.15, 0.2) is 0 Å². The summed E-state index contributed by atoms with van der Waals surface area (Å²) in [4.78, 5) is 2.42. The van der Waals surface area contributed by atoms with E-state index in [1.54, 1.807) is 0 Å². The lowest BCUT2D eigenvalue weighted by Crippen LogP contribution is -2.58. The lowest BCUT2D eigenvalue weighted by molar-refractivity contribution is -0.0778. The van der Waals surface area contributed by atoms with E-state index in [9.17, 15) is 5.11 Å². The minimum atomic E-state index is -0.234. The topological polar surface area (TPSA) is 32.7 Å². The van der Waals surface area contributed by atoms with Crippen molar-refractivity contribution < 1.29 is 9.84 Å². The number of ether oxygens (including phenoxy) is 1. The molecule has 108 valence electrons. The minimum Gasteiger partial charge on any atom is -0.391 e. The van der Waals surface area contributed by atoms with Crippen LogP contribution in [-0.4, -0.2) is 48.0 Å². The molecule has 0 aromatic heterocycles. The van der Waals surface area contributed by atoms with Gasteiger partial charge in [0.2, 0.25) is 0 Å². The molecule has 0 spiro atoms. The van der Waals surface area contributed by atoms with Crippen LogP contribution in [0.2, 0.25) is 0 Å². The van der Waals surface area contributed by atoms with Crippen LogP contribution in [0.25, 0.3) is 0 Å². The van der Waals surface area contributed by atoms with Crippen LogP contribution >= 0.6 is 0 Å². The maximum Gasteiger partial charge on any atom is 0.0723 e. The van der Waals surface area contributed by atoms with Crippen molar-refractivity contribution in [1.82, 2.24) is 4.90 Å². The highest BCUT2D eigenvalue weighted by Crippen LogP contribution is 2.29. The molecule has 3 unspecified atom stereocenters. The summed E-state index contributed by atoms with van der Waals surface area (Å²) in [6, 6.07) is 0. The van der Waals surface area contributed by atoms with Crippen molar-refractivity contribution in [3.63, 3.8) is 0 Å². The largest absolute Gasteiger partial charge is 0.391 e. The quantitative estimate of drug-likeness (QED) is 0.761. The molecule has 0 bridgehead atoms. The van der Waals surface area contributed by atoms with E-state index in [1.165, 1.54) is 12.8 Å². The fraction of sp³-hybridized carbons (Fsp3) is 1.00. The first-order valence-corrected chi connectivity index (χ1v) is 7.55. The van der Waals surface area contributed by atoms with Gasteiger partial charge in [0.15, 0.2) is 0 Å². The van der Waals surface area contributed by atoms with Crippen LogP contribution in [0, 0.1) is 5.92 Å². The molecule has 3 heteroatoms. The highest BCUT2D eigenvalue weighted by molar-refractivity contribution is 4.93. The Balaban J connectivity index is 2.60. The van der Waals surface area contributed by atoms with Gasteiger partial charge in [-0.25, -0.2) is 0 Å². The number of aliphatic hydroxyl groups excluding tert-OH is 1. The third kappa shape index (κ3) is 3.94. The van der Waals surface area contributed by atoms with Crippen LogP contribution in [-0.2, 0) is 4.74 Å². The van der Waals surface area contributed by atoms with Gasteiger partial charge in [0, 0.05) is 18.6 Å². The molecular weight excluding hydrogens is 226 g/mol. The van der Waals surface area contributed by atoms with Crippen molar-refractivity contribution in [2.24, 2.45) is 5.92 Å². The van der Waals surface area contributed by atoms with Crippen molar-refractivity contribution in [2.75, 3.05) is 26.3 Å². The summed E-state index contributed by atoms with van der Waals surface area (Å²) in [5.74, 6) is 0.608. The molecule has 1 aliphatic rings. The summed E-state index contributed by atoms with van der Waals surface area (Å²) >= 11 is 0. The van der Waals surface area contributed by atoms with Crippen LogP contribution in [0.5, 0.6) is 0 Å². The fourth-order valence-corrected chi connectivity index (χ4v) is 2.99. The molecular formula is C15H31NO2. The first kappa shape index (κ1) is 15.9. The molecule has 0 radical (unpaired) electrons. The Bertz CT molecular complexity index is 229. The molecule has 3 atom stereocenters. The van der Waals surface area contributed by atoms with Crippen LogP contribution in [0.1, 0.15) is 53.4 Å². The van der Waals surface area contributed by atoms with E-state index in [2.05, 4.69) is 32.6 Å². The second-order valence-electron chi connectivity index (χ2n) is 5.96. The standard InChI is InChI=1S/C15H31NO2/c1-5-7-13(3)12-14(17)15(4,6-2)16-8-10-18-11-9-16/h13-14,17H,5-12H2,1-4H3. The molecule has 1 rings (SSSR count). The maximum atomic E-state index is 10.6. The fourth-order valence-electron chi connectivity index (χ4n) is 2.99. The van der Waals surface area contributed by atoms with Crippen molar-refractivity contribution >= 4 is 0 Å². The normalized spacial score (nSPS) is 24.5. The third-order valence-electron chi connectivity index (χ3n) is 4.57. The van der Waals surface area contributed by atoms with E-state index in [0.717, 1.165) is 39.1 Å². The Morgan fingerprint density at radius 1 is 1.28 bits per heavy atom. The highest BCUT2D eigenvalue weighted by atomic mass is 16.5. The van der Waals surface area contributed by atoms with E-state index in [0.29, 0.717) is 5.92 Å².